The zero-order chi connectivity index (χ0) is 23.4. The quantitative estimate of drug-likeness (QED) is 0.578. The molecule has 3 fully saturated rings. The summed E-state index contributed by atoms with van der Waals surface area (Å²) in [6.45, 7) is 4.41. The minimum Gasteiger partial charge on any atom is -0.390 e. The first-order chi connectivity index (χ1) is 16.0. The van der Waals surface area contributed by atoms with Gasteiger partial charge in [0.1, 0.15) is 11.6 Å². The number of carbonyl (C=O) groups is 2. The Kier molecular flexibility index (Phi) is 7.54. The molecule has 33 heavy (non-hydrogen) atoms. The van der Waals surface area contributed by atoms with Gasteiger partial charge in [-0.2, -0.15) is 0 Å². The van der Waals surface area contributed by atoms with Gasteiger partial charge in [0.15, 0.2) is 0 Å². The van der Waals surface area contributed by atoms with E-state index >= 15 is 0 Å². The van der Waals surface area contributed by atoms with Crippen LogP contribution < -0.4 is 10.9 Å². The molecule has 8 heteroatoms. The SMILES string of the molecule is CCCCN1C(=O)[C@@H]([C@H](O)C2CCCCC2)NC(=O)C12CCN(Cc1ccc[nH]c1=O)CC2. The molecule has 2 atom stereocenters. The van der Waals surface area contributed by atoms with E-state index in [4.69, 9.17) is 0 Å². The smallest absolute Gasteiger partial charge is 0.252 e. The highest BCUT2D eigenvalue weighted by molar-refractivity contribution is 6.00. The largest absolute Gasteiger partial charge is 0.390 e. The molecule has 3 N–H and O–H groups in total. The van der Waals surface area contributed by atoms with Crippen molar-refractivity contribution in [3.63, 3.8) is 0 Å². The Morgan fingerprint density at radius 3 is 2.55 bits per heavy atom. The van der Waals surface area contributed by atoms with E-state index in [-0.39, 0.29) is 23.3 Å². The fourth-order valence-electron chi connectivity index (χ4n) is 5.86. The van der Waals surface area contributed by atoms with E-state index in [0.29, 0.717) is 44.6 Å². The molecule has 1 aliphatic carbocycles. The lowest BCUT2D eigenvalue weighted by atomic mass is 9.78. The van der Waals surface area contributed by atoms with Gasteiger partial charge in [0.2, 0.25) is 11.8 Å². The maximum atomic E-state index is 13.6. The molecule has 0 unspecified atom stereocenters. The molecule has 1 aromatic heterocycles. The molecule has 3 aliphatic rings. The maximum Gasteiger partial charge on any atom is 0.252 e. The van der Waals surface area contributed by atoms with Gasteiger partial charge < -0.3 is 20.3 Å². The monoisotopic (exact) mass is 458 g/mol. The van der Waals surface area contributed by atoms with Gasteiger partial charge in [-0.05, 0) is 44.1 Å². The number of amides is 2. The number of piperazine rings is 1. The minimum absolute atomic E-state index is 0.0703. The van der Waals surface area contributed by atoms with Gasteiger partial charge in [-0.1, -0.05) is 38.7 Å². The third-order valence-electron chi connectivity index (χ3n) is 7.94. The van der Waals surface area contributed by atoms with Gasteiger partial charge >= 0.3 is 0 Å². The molecular weight excluding hydrogens is 420 g/mol. The number of H-pyrrole nitrogens is 1. The molecule has 8 nitrogen and oxygen atoms in total. The number of hydrogen-bond donors (Lipinski definition) is 3. The lowest BCUT2D eigenvalue weighted by molar-refractivity contribution is -0.166. The summed E-state index contributed by atoms with van der Waals surface area (Å²) < 4.78 is 0. The zero-order valence-corrected chi connectivity index (χ0v) is 19.7. The number of aromatic amines is 1. The van der Waals surface area contributed by atoms with Crippen LogP contribution >= 0.6 is 0 Å². The molecule has 2 saturated heterocycles. The molecule has 3 heterocycles. The van der Waals surface area contributed by atoms with Crippen molar-refractivity contribution in [2.24, 2.45) is 5.92 Å². The molecule has 2 aliphatic heterocycles. The van der Waals surface area contributed by atoms with Crippen molar-refractivity contribution < 1.29 is 14.7 Å². The number of nitrogens with one attached hydrogen (secondary N) is 2. The summed E-state index contributed by atoms with van der Waals surface area (Å²) in [5.41, 5.74) is -0.252. The molecule has 0 bridgehead atoms. The summed E-state index contributed by atoms with van der Waals surface area (Å²) in [5.74, 6) is -0.190. The fourth-order valence-corrected chi connectivity index (χ4v) is 5.86. The van der Waals surface area contributed by atoms with E-state index in [1.807, 2.05) is 12.1 Å². The predicted molar refractivity (Wildman–Crippen MR) is 125 cm³/mol. The van der Waals surface area contributed by atoms with Crippen LogP contribution in [0.4, 0.5) is 0 Å². The number of pyridine rings is 1. The van der Waals surface area contributed by atoms with Crippen LogP contribution in [0.5, 0.6) is 0 Å². The van der Waals surface area contributed by atoms with Gasteiger partial charge in [-0.25, -0.2) is 0 Å². The topological polar surface area (TPSA) is 106 Å². The van der Waals surface area contributed by atoms with Crippen LogP contribution in [0.15, 0.2) is 23.1 Å². The Balaban J connectivity index is 1.49. The molecule has 0 aromatic carbocycles. The number of unbranched alkanes of at least 4 members (excludes halogenated alkanes) is 1. The van der Waals surface area contributed by atoms with Crippen molar-refractivity contribution in [2.75, 3.05) is 19.6 Å². The number of aliphatic hydroxyl groups excluding tert-OH is 1. The number of hydrogen-bond acceptors (Lipinski definition) is 5. The highest BCUT2D eigenvalue weighted by atomic mass is 16.3. The summed E-state index contributed by atoms with van der Waals surface area (Å²) in [6.07, 6.45) is 8.76. The van der Waals surface area contributed by atoms with E-state index in [1.165, 1.54) is 6.42 Å². The Hall–Kier alpha value is -2.19. The second kappa shape index (κ2) is 10.4. The summed E-state index contributed by atoms with van der Waals surface area (Å²) in [4.78, 5) is 45.9. The number of aromatic nitrogens is 1. The normalized spacial score (nSPS) is 25.3. The predicted octanol–water partition coefficient (Wildman–Crippen LogP) is 1.78. The molecular formula is C25H38N4O4. The summed E-state index contributed by atoms with van der Waals surface area (Å²) in [5, 5.41) is 14.0. The van der Waals surface area contributed by atoms with E-state index in [9.17, 15) is 19.5 Å². The van der Waals surface area contributed by atoms with Crippen LogP contribution in [0.25, 0.3) is 0 Å². The van der Waals surface area contributed by atoms with E-state index in [2.05, 4.69) is 22.1 Å². The first-order valence-electron chi connectivity index (χ1n) is 12.7. The second-order valence-corrected chi connectivity index (χ2v) is 10.0. The van der Waals surface area contributed by atoms with Crippen molar-refractivity contribution in [1.29, 1.82) is 0 Å². The third-order valence-corrected chi connectivity index (χ3v) is 7.94. The Labute approximate surface area is 195 Å². The molecule has 0 radical (unpaired) electrons. The minimum atomic E-state index is -0.866. The maximum absolute atomic E-state index is 13.6. The van der Waals surface area contributed by atoms with Crippen LogP contribution in [0.3, 0.4) is 0 Å². The summed E-state index contributed by atoms with van der Waals surface area (Å²) in [6, 6.07) is 2.80. The molecule has 1 aromatic rings. The van der Waals surface area contributed by atoms with Crippen molar-refractivity contribution in [2.45, 2.75) is 88.9 Å². The standard InChI is InChI=1S/C25H38N4O4/c1-2-3-14-29-23(32)20(21(30)18-8-5-4-6-9-18)27-24(33)25(29)11-15-28(16-12-25)17-19-10-7-13-26-22(19)31/h7,10,13,18,20-21,30H,2-6,8-9,11-12,14-17H2,1H3,(H,26,31)(H,27,33)/t20-,21-/m1/s1. The van der Waals surface area contributed by atoms with Crippen LogP contribution in [0.2, 0.25) is 0 Å². The molecule has 1 spiro atoms. The van der Waals surface area contributed by atoms with Gasteiger partial charge in [0.25, 0.3) is 5.56 Å². The molecule has 4 rings (SSSR count). The lowest BCUT2D eigenvalue weighted by Crippen LogP contribution is -2.75. The first-order valence-corrected chi connectivity index (χ1v) is 12.7. The van der Waals surface area contributed by atoms with Crippen molar-refractivity contribution in [1.82, 2.24) is 20.1 Å². The number of likely N-dealkylation sites (tertiary alicyclic amines) is 1. The van der Waals surface area contributed by atoms with E-state index in [1.54, 1.807) is 11.1 Å². The first kappa shape index (κ1) is 24.0. The number of piperidine rings is 1. The Bertz CT molecular complexity index is 886. The number of rotatable bonds is 7. The lowest BCUT2D eigenvalue weighted by Gasteiger charge is -2.52. The highest BCUT2D eigenvalue weighted by Crippen LogP contribution is 2.36. The van der Waals surface area contributed by atoms with E-state index in [0.717, 1.165) is 38.5 Å². The fraction of sp³-hybridized carbons (Fsp3) is 0.720. The van der Waals surface area contributed by atoms with Gasteiger partial charge in [0, 0.05) is 37.9 Å². The Morgan fingerprint density at radius 2 is 1.88 bits per heavy atom. The highest BCUT2D eigenvalue weighted by Gasteiger charge is 2.55. The number of carbonyl (C=O) groups excluding carboxylic acids is 2. The van der Waals surface area contributed by atoms with E-state index < -0.39 is 17.7 Å². The van der Waals surface area contributed by atoms with Gasteiger partial charge in [-0.15, -0.1) is 0 Å². The third kappa shape index (κ3) is 4.87. The molecule has 1 saturated carbocycles. The molecule has 2 amide bonds. The van der Waals surface area contributed by atoms with Crippen molar-refractivity contribution in [3.8, 4) is 0 Å². The number of nitrogens with zero attached hydrogens (tertiary/aromatic N) is 2. The Morgan fingerprint density at radius 1 is 1.15 bits per heavy atom. The van der Waals surface area contributed by atoms with Crippen molar-refractivity contribution >= 4 is 11.8 Å². The zero-order valence-electron chi connectivity index (χ0n) is 19.7. The summed E-state index contributed by atoms with van der Waals surface area (Å²) in [7, 11) is 0. The van der Waals surface area contributed by atoms with Crippen LogP contribution in [-0.4, -0.2) is 69.0 Å². The van der Waals surface area contributed by atoms with Crippen LogP contribution in [0.1, 0.15) is 70.3 Å². The van der Waals surface area contributed by atoms with Crippen molar-refractivity contribution in [3.05, 3.63) is 34.2 Å². The average Bonchev–Trinajstić information content (AvgIpc) is 2.84. The van der Waals surface area contributed by atoms with Gasteiger partial charge in [-0.3, -0.25) is 19.3 Å². The van der Waals surface area contributed by atoms with Gasteiger partial charge in [0.05, 0.1) is 6.10 Å². The van der Waals surface area contributed by atoms with Crippen LogP contribution in [0, 0.1) is 5.92 Å². The number of aliphatic hydroxyl groups is 1. The second-order valence-electron chi connectivity index (χ2n) is 10.0. The molecule has 182 valence electrons. The van der Waals surface area contributed by atoms with Crippen LogP contribution in [-0.2, 0) is 16.1 Å². The summed E-state index contributed by atoms with van der Waals surface area (Å²) >= 11 is 0. The average molecular weight is 459 g/mol.